The Kier molecular flexibility index (Phi) is 4.86. The lowest BCUT2D eigenvalue weighted by atomic mass is 10.1. The van der Waals surface area contributed by atoms with E-state index in [0.717, 1.165) is 0 Å². The van der Waals surface area contributed by atoms with Crippen molar-refractivity contribution in [3.63, 3.8) is 0 Å². The number of carboxylic acid groups (broad SMARTS) is 1. The maximum absolute atomic E-state index is 11.2. The SMILES string of the molecule is CC(C(=O)O)=C(C)C(=O)NC[C@H](C)O. The van der Waals surface area contributed by atoms with Gasteiger partial charge in [0, 0.05) is 17.7 Å². The van der Waals surface area contributed by atoms with Crippen LogP contribution < -0.4 is 5.32 Å². The minimum absolute atomic E-state index is 0.00749. The Morgan fingerprint density at radius 2 is 1.79 bits per heavy atom. The number of nitrogens with one attached hydrogen (secondary N) is 1. The van der Waals surface area contributed by atoms with Crippen molar-refractivity contribution in [1.29, 1.82) is 0 Å². The predicted molar refractivity (Wildman–Crippen MR) is 50.7 cm³/mol. The van der Waals surface area contributed by atoms with Crippen molar-refractivity contribution in [2.75, 3.05) is 6.54 Å². The van der Waals surface area contributed by atoms with E-state index in [1.165, 1.54) is 20.8 Å². The number of carbonyl (C=O) groups excluding carboxylic acids is 1. The number of aliphatic hydroxyl groups excluding tert-OH is 1. The second kappa shape index (κ2) is 5.39. The molecule has 5 nitrogen and oxygen atoms in total. The molecule has 0 rings (SSSR count). The van der Waals surface area contributed by atoms with E-state index in [9.17, 15) is 9.59 Å². The Labute approximate surface area is 82.4 Å². The van der Waals surface area contributed by atoms with Crippen LogP contribution in [0.25, 0.3) is 0 Å². The molecule has 0 spiro atoms. The Morgan fingerprint density at radius 3 is 2.14 bits per heavy atom. The molecule has 0 aliphatic heterocycles. The number of aliphatic carboxylic acids is 1. The number of rotatable bonds is 4. The predicted octanol–water partition coefficient (Wildman–Crippen LogP) is -0.0956. The molecule has 0 fully saturated rings. The highest BCUT2D eigenvalue weighted by atomic mass is 16.4. The summed E-state index contributed by atoms with van der Waals surface area (Å²) in [6.45, 7) is 4.44. The number of carbonyl (C=O) groups is 2. The Balaban J connectivity index is 4.39. The fourth-order valence-electron chi connectivity index (χ4n) is 0.704. The van der Waals surface area contributed by atoms with Gasteiger partial charge in [-0.15, -0.1) is 0 Å². The molecule has 0 aromatic carbocycles. The van der Waals surface area contributed by atoms with E-state index in [1.807, 2.05) is 0 Å². The molecule has 0 unspecified atom stereocenters. The number of hydrogen-bond donors (Lipinski definition) is 3. The van der Waals surface area contributed by atoms with Crippen LogP contribution in [0.1, 0.15) is 20.8 Å². The van der Waals surface area contributed by atoms with E-state index < -0.39 is 18.0 Å². The zero-order valence-electron chi connectivity index (χ0n) is 8.50. The van der Waals surface area contributed by atoms with Crippen molar-refractivity contribution < 1.29 is 19.8 Å². The van der Waals surface area contributed by atoms with Gasteiger partial charge in [0.15, 0.2) is 0 Å². The third-order valence-electron chi connectivity index (χ3n) is 1.78. The van der Waals surface area contributed by atoms with E-state index in [4.69, 9.17) is 10.2 Å². The smallest absolute Gasteiger partial charge is 0.331 e. The van der Waals surface area contributed by atoms with Crippen molar-refractivity contribution in [2.24, 2.45) is 0 Å². The molecule has 14 heavy (non-hydrogen) atoms. The molecule has 1 atom stereocenters. The van der Waals surface area contributed by atoms with Gasteiger partial charge in [0.1, 0.15) is 0 Å². The minimum atomic E-state index is -1.12. The zero-order valence-corrected chi connectivity index (χ0v) is 8.50. The standard InChI is InChI=1S/C9H15NO4/c1-5(11)4-10-8(12)6(2)7(3)9(13)14/h5,11H,4H2,1-3H3,(H,10,12)(H,13,14)/t5-/m0/s1. The topological polar surface area (TPSA) is 86.6 Å². The van der Waals surface area contributed by atoms with E-state index >= 15 is 0 Å². The number of amides is 1. The third kappa shape index (κ3) is 4.04. The van der Waals surface area contributed by atoms with E-state index in [-0.39, 0.29) is 17.7 Å². The summed E-state index contributed by atoms with van der Waals surface area (Å²) in [4.78, 5) is 21.7. The van der Waals surface area contributed by atoms with Crippen LogP contribution in [0, 0.1) is 0 Å². The molecule has 0 aliphatic carbocycles. The van der Waals surface area contributed by atoms with Crippen LogP contribution in [0.5, 0.6) is 0 Å². The molecule has 0 aromatic heterocycles. The molecule has 0 aromatic rings. The van der Waals surface area contributed by atoms with Gasteiger partial charge in [0.05, 0.1) is 6.10 Å². The van der Waals surface area contributed by atoms with Crippen LogP contribution in [-0.2, 0) is 9.59 Å². The zero-order chi connectivity index (χ0) is 11.3. The maximum atomic E-state index is 11.2. The van der Waals surface area contributed by atoms with Crippen LogP contribution in [0.4, 0.5) is 0 Å². The van der Waals surface area contributed by atoms with Gasteiger partial charge in [-0.2, -0.15) is 0 Å². The van der Waals surface area contributed by atoms with Crippen LogP contribution in [0.2, 0.25) is 0 Å². The molecule has 0 heterocycles. The van der Waals surface area contributed by atoms with Crippen LogP contribution in [0.3, 0.4) is 0 Å². The first-order valence-corrected chi connectivity index (χ1v) is 4.23. The van der Waals surface area contributed by atoms with Gasteiger partial charge in [-0.05, 0) is 20.8 Å². The second-order valence-corrected chi connectivity index (χ2v) is 3.11. The van der Waals surface area contributed by atoms with Crippen LogP contribution in [0.15, 0.2) is 11.1 Å². The highest BCUT2D eigenvalue weighted by molar-refractivity contribution is 6.01. The van der Waals surface area contributed by atoms with Gasteiger partial charge >= 0.3 is 5.97 Å². The minimum Gasteiger partial charge on any atom is -0.478 e. The highest BCUT2D eigenvalue weighted by Gasteiger charge is 2.12. The van der Waals surface area contributed by atoms with Gasteiger partial charge in [-0.1, -0.05) is 0 Å². The first kappa shape index (κ1) is 12.6. The van der Waals surface area contributed by atoms with E-state index in [1.54, 1.807) is 0 Å². The summed E-state index contributed by atoms with van der Waals surface area (Å²) in [6, 6.07) is 0. The van der Waals surface area contributed by atoms with E-state index in [0.29, 0.717) is 0 Å². The highest BCUT2D eigenvalue weighted by Crippen LogP contribution is 2.03. The summed E-state index contributed by atoms with van der Waals surface area (Å²) in [6.07, 6.45) is -0.642. The summed E-state index contributed by atoms with van der Waals surface area (Å²) in [7, 11) is 0. The van der Waals surface area contributed by atoms with Crippen molar-refractivity contribution in [3.05, 3.63) is 11.1 Å². The molecule has 0 saturated heterocycles. The Bertz CT molecular complexity index is 268. The quantitative estimate of drug-likeness (QED) is 0.554. The third-order valence-corrected chi connectivity index (χ3v) is 1.78. The largest absolute Gasteiger partial charge is 0.478 e. The normalized spacial score (nSPS) is 14.3. The lowest BCUT2D eigenvalue weighted by Gasteiger charge is -2.08. The molecular weight excluding hydrogens is 186 g/mol. The van der Waals surface area contributed by atoms with E-state index in [2.05, 4.69) is 5.32 Å². The molecule has 0 saturated carbocycles. The van der Waals surface area contributed by atoms with Gasteiger partial charge in [-0.25, -0.2) is 4.79 Å². The Morgan fingerprint density at radius 1 is 1.29 bits per heavy atom. The lowest BCUT2D eigenvalue weighted by molar-refractivity contribution is -0.133. The van der Waals surface area contributed by atoms with Crippen molar-refractivity contribution in [2.45, 2.75) is 26.9 Å². The van der Waals surface area contributed by atoms with Crippen molar-refractivity contribution in [3.8, 4) is 0 Å². The number of hydrogen-bond acceptors (Lipinski definition) is 3. The summed E-state index contributed by atoms with van der Waals surface area (Å²) < 4.78 is 0. The summed E-state index contributed by atoms with van der Waals surface area (Å²) in [5.74, 6) is -1.58. The van der Waals surface area contributed by atoms with Gasteiger partial charge < -0.3 is 15.5 Å². The molecule has 80 valence electrons. The molecule has 0 aliphatic rings. The number of aliphatic hydroxyl groups is 1. The maximum Gasteiger partial charge on any atom is 0.331 e. The second-order valence-electron chi connectivity index (χ2n) is 3.11. The fourth-order valence-corrected chi connectivity index (χ4v) is 0.704. The average Bonchev–Trinajstić information content (AvgIpc) is 2.11. The summed E-state index contributed by atoms with van der Waals surface area (Å²) in [5.41, 5.74) is 0.159. The molecular formula is C9H15NO4. The van der Waals surface area contributed by atoms with Crippen LogP contribution >= 0.6 is 0 Å². The molecule has 3 N–H and O–H groups in total. The number of carboxylic acids is 1. The Hall–Kier alpha value is -1.36. The average molecular weight is 201 g/mol. The monoisotopic (exact) mass is 201 g/mol. The van der Waals surface area contributed by atoms with Crippen molar-refractivity contribution in [1.82, 2.24) is 5.32 Å². The lowest BCUT2D eigenvalue weighted by Crippen LogP contribution is -2.31. The first-order chi connectivity index (χ1) is 6.36. The summed E-state index contributed by atoms with van der Waals surface area (Å²) >= 11 is 0. The van der Waals surface area contributed by atoms with Gasteiger partial charge in [-0.3, -0.25) is 4.79 Å². The van der Waals surface area contributed by atoms with Gasteiger partial charge in [0.2, 0.25) is 5.91 Å². The summed E-state index contributed by atoms with van der Waals surface area (Å²) in [5, 5.41) is 19.9. The molecule has 1 amide bonds. The van der Waals surface area contributed by atoms with Crippen molar-refractivity contribution >= 4 is 11.9 Å². The fraction of sp³-hybridized carbons (Fsp3) is 0.556. The van der Waals surface area contributed by atoms with Crippen LogP contribution in [-0.4, -0.2) is 34.7 Å². The molecule has 0 bridgehead atoms. The van der Waals surface area contributed by atoms with Gasteiger partial charge in [0.25, 0.3) is 0 Å². The molecule has 5 heteroatoms. The first-order valence-electron chi connectivity index (χ1n) is 4.23. The molecule has 0 radical (unpaired) electrons.